The number of nitrogens with one attached hydrogen (secondary N) is 1. The van der Waals surface area contributed by atoms with Crippen molar-refractivity contribution in [2.45, 2.75) is 51.2 Å². The smallest absolute Gasteiger partial charge is 0.243 e. The zero-order valence-corrected chi connectivity index (χ0v) is 19.9. The van der Waals surface area contributed by atoms with Gasteiger partial charge in [-0.05, 0) is 48.9 Å². The number of nitrogens with two attached hydrogens (primary N) is 1. The lowest BCUT2D eigenvalue weighted by Crippen LogP contribution is -2.52. The molecule has 2 amide bonds. The minimum atomic E-state index is -0.780. The summed E-state index contributed by atoms with van der Waals surface area (Å²) in [5, 5.41) is 3.05. The summed E-state index contributed by atoms with van der Waals surface area (Å²) >= 11 is 0. The van der Waals surface area contributed by atoms with Crippen molar-refractivity contribution in [3.05, 3.63) is 107 Å². The number of carbonyl (C=O) groups excluding carboxylic acids is 2. The van der Waals surface area contributed by atoms with E-state index in [2.05, 4.69) is 23.5 Å². The van der Waals surface area contributed by atoms with Crippen LogP contribution in [0.2, 0.25) is 0 Å². The number of hydrogen-bond donors (Lipinski definition) is 2. The van der Waals surface area contributed by atoms with Crippen molar-refractivity contribution in [1.29, 1.82) is 0 Å². The van der Waals surface area contributed by atoms with Crippen molar-refractivity contribution in [3.63, 3.8) is 0 Å². The van der Waals surface area contributed by atoms with Crippen LogP contribution in [0, 0.1) is 13.8 Å². The standard InChI is InChI=1S/C29H33N3O2/c1-20-15-16-21(2)24(18-20)19-31-28(33)25-14-9-17-32(25)29(34)27(30)26(22-10-5-3-6-11-22)23-12-7-4-8-13-23/h3-8,10-13,15-16,18,25-27H,9,14,17,19,30H2,1-2H3,(H,31,33)/t25-,27+/m0/s1. The molecule has 3 aromatic rings. The van der Waals surface area contributed by atoms with Gasteiger partial charge < -0.3 is 16.0 Å². The molecule has 176 valence electrons. The molecule has 5 heteroatoms. The van der Waals surface area contributed by atoms with Gasteiger partial charge in [0.2, 0.25) is 11.8 Å². The van der Waals surface area contributed by atoms with Gasteiger partial charge in [0.15, 0.2) is 0 Å². The molecule has 4 rings (SSSR count). The first-order valence-corrected chi connectivity index (χ1v) is 12.0. The first kappa shape index (κ1) is 23.7. The van der Waals surface area contributed by atoms with E-state index in [1.807, 2.05) is 74.5 Å². The third-order valence-electron chi connectivity index (χ3n) is 6.76. The number of rotatable bonds is 7. The van der Waals surface area contributed by atoms with Gasteiger partial charge in [-0.25, -0.2) is 0 Å². The van der Waals surface area contributed by atoms with E-state index >= 15 is 0 Å². The van der Waals surface area contributed by atoms with Crippen molar-refractivity contribution in [2.75, 3.05) is 6.54 Å². The highest BCUT2D eigenvalue weighted by Gasteiger charge is 2.39. The molecule has 0 radical (unpaired) electrons. The number of carbonyl (C=O) groups is 2. The summed E-state index contributed by atoms with van der Waals surface area (Å²) in [5.41, 5.74) is 12.0. The monoisotopic (exact) mass is 455 g/mol. The Kier molecular flexibility index (Phi) is 7.43. The molecule has 3 N–H and O–H groups in total. The first-order chi connectivity index (χ1) is 16.5. The molecule has 0 aliphatic carbocycles. The molecule has 1 aliphatic heterocycles. The van der Waals surface area contributed by atoms with E-state index in [9.17, 15) is 9.59 Å². The van der Waals surface area contributed by atoms with E-state index in [1.165, 1.54) is 0 Å². The predicted molar refractivity (Wildman–Crippen MR) is 135 cm³/mol. The summed E-state index contributed by atoms with van der Waals surface area (Å²) in [7, 11) is 0. The molecule has 0 unspecified atom stereocenters. The molecular formula is C29H33N3O2. The Labute approximate surface area is 202 Å². The van der Waals surface area contributed by atoms with Gasteiger partial charge >= 0.3 is 0 Å². The Morgan fingerprint density at radius 2 is 1.59 bits per heavy atom. The fourth-order valence-electron chi connectivity index (χ4n) is 4.86. The van der Waals surface area contributed by atoms with Crippen LogP contribution in [0.4, 0.5) is 0 Å². The summed E-state index contributed by atoms with van der Waals surface area (Å²) in [6.07, 6.45) is 1.44. The van der Waals surface area contributed by atoms with Crippen molar-refractivity contribution in [2.24, 2.45) is 5.73 Å². The maximum absolute atomic E-state index is 13.6. The zero-order chi connectivity index (χ0) is 24.1. The SMILES string of the molecule is Cc1ccc(C)c(CNC(=O)[C@@H]2CCCN2C(=O)[C@H](N)C(c2ccccc2)c2ccccc2)c1. The average molecular weight is 456 g/mol. The topological polar surface area (TPSA) is 75.4 Å². The predicted octanol–water partition coefficient (Wildman–Crippen LogP) is 4.07. The molecule has 0 saturated carbocycles. The molecule has 5 nitrogen and oxygen atoms in total. The second kappa shape index (κ2) is 10.7. The minimum Gasteiger partial charge on any atom is -0.350 e. The lowest BCUT2D eigenvalue weighted by atomic mass is 9.84. The third kappa shape index (κ3) is 5.20. The zero-order valence-electron chi connectivity index (χ0n) is 19.9. The quantitative estimate of drug-likeness (QED) is 0.564. The van der Waals surface area contributed by atoms with Gasteiger partial charge in [-0.15, -0.1) is 0 Å². The van der Waals surface area contributed by atoms with Gasteiger partial charge in [0.05, 0.1) is 6.04 Å². The lowest BCUT2D eigenvalue weighted by molar-refractivity contribution is -0.139. The number of hydrogen-bond acceptors (Lipinski definition) is 3. The van der Waals surface area contributed by atoms with Gasteiger partial charge in [-0.1, -0.05) is 84.4 Å². The van der Waals surface area contributed by atoms with E-state index in [-0.39, 0.29) is 17.7 Å². The van der Waals surface area contributed by atoms with Crippen LogP contribution in [-0.2, 0) is 16.1 Å². The first-order valence-electron chi connectivity index (χ1n) is 12.0. The Morgan fingerprint density at radius 3 is 2.21 bits per heavy atom. The maximum atomic E-state index is 13.6. The average Bonchev–Trinajstić information content (AvgIpc) is 3.35. The van der Waals surface area contributed by atoms with E-state index in [0.717, 1.165) is 34.2 Å². The second-order valence-corrected chi connectivity index (χ2v) is 9.16. The van der Waals surface area contributed by atoms with Crippen LogP contribution in [0.1, 0.15) is 46.6 Å². The highest BCUT2D eigenvalue weighted by molar-refractivity contribution is 5.91. The fourth-order valence-corrected chi connectivity index (χ4v) is 4.86. The van der Waals surface area contributed by atoms with Crippen molar-refractivity contribution in [1.82, 2.24) is 10.2 Å². The Balaban J connectivity index is 1.51. The van der Waals surface area contributed by atoms with Crippen LogP contribution in [0.5, 0.6) is 0 Å². The minimum absolute atomic E-state index is 0.116. The van der Waals surface area contributed by atoms with Gasteiger partial charge in [-0.3, -0.25) is 9.59 Å². The summed E-state index contributed by atoms with van der Waals surface area (Å²) in [5.74, 6) is -0.578. The number of benzene rings is 3. The summed E-state index contributed by atoms with van der Waals surface area (Å²) in [6.45, 7) is 5.08. The molecule has 0 aromatic heterocycles. The molecule has 1 saturated heterocycles. The summed E-state index contributed by atoms with van der Waals surface area (Å²) < 4.78 is 0. The Bertz CT molecular complexity index is 1090. The molecule has 34 heavy (non-hydrogen) atoms. The number of amides is 2. The molecule has 0 bridgehead atoms. The van der Waals surface area contributed by atoms with Crippen LogP contribution in [0.25, 0.3) is 0 Å². The molecule has 0 spiro atoms. The molecule has 1 fully saturated rings. The third-order valence-corrected chi connectivity index (χ3v) is 6.76. The Hall–Kier alpha value is -3.44. The number of aryl methyl sites for hydroxylation is 2. The number of likely N-dealkylation sites (tertiary alicyclic amines) is 1. The van der Waals surface area contributed by atoms with Crippen LogP contribution in [0.15, 0.2) is 78.9 Å². The maximum Gasteiger partial charge on any atom is 0.243 e. The summed E-state index contributed by atoms with van der Waals surface area (Å²) in [6, 6.07) is 24.7. The van der Waals surface area contributed by atoms with E-state index in [4.69, 9.17) is 5.73 Å². The van der Waals surface area contributed by atoms with Crippen molar-refractivity contribution >= 4 is 11.8 Å². The molecule has 2 atom stereocenters. The van der Waals surface area contributed by atoms with Gasteiger partial charge in [0.25, 0.3) is 0 Å². The van der Waals surface area contributed by atoms with Crippen LogP contribution >= 0.6 is 0 Å². The second-order valence-electron chi connectivity index (χ2n) is 9.16. The Morgan fingerprint density at radius 1 is 0.971 bits per heavy atom. The molecule has 1 aliphatic rings. The van der Waals surface area contributed by atoms with Gasteiger partial charge in [0, 0.05) is 19.0 Å². The van der Waals surface area contributed by atoms with Crippen molar-refractivity contribution < 1.29 is 9.59 Å². The van der Waals surface area contributed by atoms with Crippen LogP contribution < -0.4 is 11.1 Å². The lowest BCUT2D eigenvalue weighted by Gasteiger charge is -2.31. The molecular weight excluding hydrogens is 422 g/mol. The van der Waals surface area contributed by atoms with Gasteiger partial charge in [0.1, 0.15) is 6.04 Å². The van der Waals surface area contributed by atoms with E-state index in [0.29, 0.717) is 19.5 Å². The largest absolute Gasteiger partial charge is 0.350 e. The van der Waals surface area contributed by atoms with Crippen LogP contribution in [-0.4, -0.2) is 35.3 Å². The van der Waals surface area contributed by atoms with Gasteiger partial charge in [-0.2, -0.15) is 0 Å². The molecule has 1 heterocycles. The van der Waals surface area contributed by atoms with Crippen LogP contribution in [0.3, 0.4) is 0 Å². The highest BCUT2D eigenvalue weighted by atomic mass is 16.2. The summed E-state index contributed by atoms with van der Waals surface area (Å²) in [4.78, 5) is 28.4. The van der Waals surface area contributed by atoms with Crippen molar-refractivity contribution in [3.8, 4) is 0 Å². The normalized spacial score (nSPS) is 16.5. The fraction of sp³-hybridized carbons (Fsp3) is 0.310. The van der Waals surface area contributed by atoms with E-state index in [1.54, 1.807) is 4.90 Å². The highest BCUT2D eigenvalue weighted by Crippen LogP contribution is 2.30. The van der Waals surface area contributed by atoms with E-state index < -0.39 is 12.1 Å². The molecule has 3 aromatic carbocycles. The number of nitrogens with zero attached hydrogens (tertiary/aromatic N) is 1.